The van der Waals surface area contributed by atoms with Gasteiger partial charge in [-0.25, -0.2) is 20.4 Å². The molecule has 18 heteroatoms. The Morgan fingerprint density at radius 3 is 1.58 bits per heavy atom. The molecular formula is C42H56N6O10S2. The number of hydrogen-bond acceptors (Lipinski definition) is 12. The first-order chi connectivity index (χ1) is 29.0. The van der Waals surface area contributed by atoms with Gasteiger partial charge in [-0.3, -0.25) is 28.8 Å². The monoisotopic (exact) mass is 868 g/mol. The zero-order valence-corrected chi connectivity index (χ0v) is 35.7. The number of hydrogen-bond donors (Lipinski definition) is 4. The molecule has 0 saturated carbocycles. The molecule has 16 nitrogen and oxygen atoms in total. The Labute approximate surface area is 359 Å². The fourth-order valence-electron chi connectivity index (χ4n) is 6.29. The summed E-state index contributed by atoms with van der Waals surface area (Å²) in [6, 6.07) is 18.1. The molecule has 0 spiro atoms. The quantitative estimate of drug-likeness (QED) is 0.0702. The Morgan fingerprint density at radius 2 is 1.10 bits per heavy atom. The fourth-order valence-corrected chi connectivity index (χ4v) is 8.62. The summed E-state index contributed by atoms with van der Waals surface area (Å²) >= 11 is 2.74. The summed E-state index contributed by atoms with van der Waals surface area (Å²) in [5, 5.41) is 6.31. The molecule has 2 aliphatic heterocycles. The fraction of sp³-hybridized carbons (Fsp3) is 0.524. The van der Waals surface area contributed by atoms with E-state index in [9.17, 15) is 38.4 Å². The topological polar surface area (TPSA) is 210 Å². The molecule has 2 saturated heterocycles. The van der Waals surface area contributed by atoms with E-state index in [0.717, 1.165) is 66.1 Å². The first-order valence-corrected chi connectivity index (χ1v) is 22.6. The van der Waals surface area contributed by atoms with Gasteiger partial charge in [-0.15, -0.1) is 23.5 Å². The van der Waals surface area contributed by atoms with Crippen molar-refractivity contribution in [3.05, 3.63) is 71.8 Å². The Balaban J connectivity index is 0.923. The van der Waals surface area contributed by atoms with Crippen LogP contribution in [0.5, 0.6) is 0 Å². The van der Waals surface area contributed by atoms with E-state index in [2.05, 4.69) is 21.5 Å². The highest BCUT2D eigenvalue weighted by atomic mass is 32.2. The molecule has 2 aromatic carbocycles. The third-order valence-electron chi connectivity index (χ3n) is 9.57. The lowest BCUT2D eigenvalue weighted by atomic mass is 10.1. The van der Waals surface area contributed by atoms with E-state index in [-0.39, 0.29) is 43.9 Å². The molecule has 8 amide bonds. The van der Waals surface area contributed by atoms with E-state index in [4.69, 9.17) is 9.47 Å². The van der Waals surface area contributed by atoms with Crippen LogP contribution in [0.3, 0.4) is 0 Å². The average molecular weight is 869 g/mol. The third kappa shape index (κ3) is 17.2. The molecular weight excluding hydrogens is 813 g/mol. The molecule has 3 unspecified atom stereocenters. The van der Waals surface area contributed by atoms with Crippen molar-refractivity contribution in [1.82, 2.24) is 31.5 Å². The number of nitrogens with zero attached hydrogens (tertiary/aromatic N) is 2. The van der Waals surface area contributed by atoms with E-state index < -0.39 is 46.3 Å². The van der Waals surface area contributed by atoms with Crippen LogP contribution in [-0.4, -0.2) is 92.2 Å². The number of thioether (sulfide) groups is 2. The summed E-state index contributed by atoms with van der Waals surface area (Å²) in [4.78, 5) is 98.9. The number of unbranched alkanes of at least 4 members (excludes halogenated alkanes) is 5. The SMILES string of the molecule is CC(CCCCNC(=O)CCCCCSC1CC(=O)N(NC(=O)OCc2ccccc2)C1=O)NC(=O)CCCCCSC1CC(=O)N(NC(=O)OCc2ccccc2)C1=O. The molecule has 4 rings (SSSR count). The highest BCUT2D eigenvalue weighted by Crippen LogP contribution is 2.26. The molecule has 0 bridgehead atoms. The van der Waals surface area contributed by atoms with E-state index in [1.165, 1.54) is 23.5 Å². The highest BCUT2D eigenvalue weighted by molar-refractivity contribution is 8.00. The molecule has 4 N–H and O–H groups in total. The Kier molecular flexibility index (Phi) is 20.8. The van der Waals surface area contributed by atoms with Crippen molar-refractivity contribution in [3.8, 4) is 0 Å². The maximum absolute atomic E-state index is 12.7. The first kappa shape index (κ1) is 47.6. The van der Waals surface area contributed by atoms with Crippen molar-refractivity contribution in [1.29, 1.82) is 0 Å². The van der Waals surface area contributed by atoms with Crippen LogP contribution in [0.1, 0.15) is 102 Å². The molecule has 2 aromatic rings. The van der Waals surface area contributed by atoms with Gasteiger partial charge in [-0.1, -0.05) is 73.5 Å². The largest absolute Gasteiger partial charge is 0.443 e. The second-order valence-corrected chi connectivity index (χ2v) is 17.2. The molecule has 0 aromatic heterocycles. The van der Waals surface area contributed by atoms with Crippen molar-refractivity contribution in [2.24, 2.45) is 0 Å². The predicted molar refractivity (Wildman–Crippen MR) is 226 cm³/mol. The van der Waals surface area contributed by atoms with Crippen molar-refractivity contribution in [3.63, 3.8) is 0 Å². The lowest BCUT2D eigenvalue weighted by Crippen LogP contribution is -2.46. The number of carbonyl (C=O) groups excluding carboxylic acids is 8. The van der Waals surface area contributed by atoms with E-state index >= 15 is 0 Å². The number of rotatable bonds is 26. The summed E-state index contributed by atoms with van der Waals surface area (Å²) < 4.78 is 10.2. The zero-order chi connectivity index (χ0) is 43.1. The van der Waals surface area contributed by atoms with Gasteiger partial charge in [0.25, 0.3) is 11.8 Å². The summed E-state index contributed by atoms with van der Waals surface area (Å²) in [6.07, 6.45) is 6.10. The number of nitrogens with one attached hydrogen (secondary N) is 4. The number of benzene rings is 2. The van der Waals surface area contributed by atoms with E-state index in [1.807, 2.05) is 43.3 Å². The normalized spacial score (nSPS) is 16.8. The summed E-state index contributed by atoms with van der Waals surface area (Å²) in [5.41, 5.74) is 6.05. The minimum absolute atomic E-state index is 0.00656. The number of hydrazine groups is 2. The molecule has 2 fully saturated rings. The van der Waals surface area contributed by atoms with Gasteiger partial charge in [0.05, 0.1) is 10.5 Å². The van der Waals surface area contributed by atoms with Gasteiger partial charge >= 0.3 is 12.2 Å². The third-order valence-corrected chi connectivity index (χ3v) is 12.2. The second kappa shape index (κ2) is 26.2. The molecule has 60 heavy (non-hydrogen) atoms. The molecule has 2 heterocycles. The molecule has 2 aliphatic rings. The lowest BCUT2D eigenvalue weighted by Gasteiger charge is -2.16. The van der Waals surface area contributed by atoms with Crippen LogP contribution in [0.4, 0.5) is 9.59 Å². The van der Waals surface area contributed by atoms with Crippen LogP contribution < -0.4 is 21.5 Å². The molecule has 0 aliphatic carbocycles. The average Bonchev–Trinajstić information content (AvgIpc) is 3.66. The predicted octanol–water partition coefficient (Wildman–Crippen LogP) is 5.30. The Hall–Kier alpha value is -5.10. The second-order valence-electron chi connectivity index (χ2n) is 14.5. The van der Waals surface area contributed by atoms with E-state index in [0.29, 0.717) is 43.7 Å². The van der Waals surface area contributed by atoms with Crippen LogP contribution in [0.15, 0.2) is 60.7 Å². The summed E-state index contributed by atoms with van der Waals surface area (Å²) in [5.74, 6) is -0.634. The first-order valence-electron chi connectivity index (χ1n) is 20.5. The van der Waals surface area contributed by atoms with Gasteiger partial charge < -0.3 is 20.1 Å². The Bertz CT molecular complexity index is 1750. The summed E-state index contributed by atoms with van der Waals surface area (Å²) in [6.45, 7) is 2.56. The number of amides is 8. The van der Waals surface area contributed by atoms with Gasteiger partial charge in [-0.05, 0) is 74.5 Å². The van der Waals surface area contributed by atoms with E-state index in [1.54, 1.807) is 24.3 Å². The maximum atomic E-state index is 12.7. The van der Waals surface area contributed by atoms with Crippen LogP contribution in [0.25, 0.3) is 0 Å². The van der Waals surface area contributed by atoms with Crippen LogP contribution in [0, 0.1) is 0 Å². The highest BCUT2D eigenvalue weighted by Gasteiger charge is 2.41. The van der Waals surface area contributed by atoms with Crippen molar-refractivity contribution in [2.75, 3.05) is 18.1 Å². The smallest absolute Gasteiger partial charge is 0.426 e. The van der Waals surface area contributed by atoms with Crippen LogP contribution in [-0.2, 0) is 51.5 Å². The zero-order valence-electron chi connectivity index (χ0n) is 34.0. The van der Waals surface area contributed by atoms with Crippen LogP contribution >= 0.6 is 23.5 Å². The molecule has 0 radical (unpaired) electrons. The van der Waals surface area contributed by atoms with Crippen molar-refractivity contribution >= 4 is 71.2 Å². The standard InChI is InChI=1S/C42H56N6O10S2/c1-30(44-36(50)22-11-5-15-25-60-34-27-38(52)48(40(34)54)46-42(56)58-29-32-19-8-3-9-20-32)16-12-13-23-43-35(49)21-10-4-14-24-59-33-26-37(51)47(39(33)53)45-41(55)57-28-31-17-6-2-7-18-31/h2-3,6-9,17-20,30,33-34H,4-5,10-16,21-29H2,1H3,(H,43,49)(H,44,50)(H,45,55)(H,46,56). The Morgan fingerprint density at radius 1 is 0.633 bits per heavy atom. The van der Waals surface area contributed by atoms with Crippen molar-refractivity contribution in [2.45, 2.75) is 120 Å². The number of imide groups is 2. The van der Waals surface area contributed by atoms with Gasteiger partial charge in [0, 0.05) is 38.3 Å². The minimum atomic E-state index is -0.872. The van der Waals surface area contributed by atoms with Gasteiger partial charge in [0.1, 0.15) is 13.2 Å². The number of carbonyl (C=O) groups is 8. The molecule has 3 atom stereocenters. The minimum Gasteiger partial charge on any atom is -0.443 e. The van der Waals surface area contributed by atoms with Crippen molar-refractivity contribution < 1.29 is 47.8 Å². The van der Waals surface area contributed by atoms with Gasteiger partial charge in [-0.2, -0.15) is 10.0 Å². The van der Waals surface area contributed by atoms with Gasteiger partial charge in [0.15, 0.2) is 0 Å². The maximum Gasteiger partial charge on any atom is 0.426 e. The van der Waals surface area contributed by atoms with Gasteiger partial charge in [0.2, 0.25) is 23.6 Å². The summed E-state index contributed by atoms with van der Waals surface area (Å²) in [7, 11) is 0. The lowest BCUT2D eigenvalue weighted by molar-refractivity contribution is -0.142. The number of ether oxygens (including phenoxy) is 2. The molecule has 326 valence electrons. The van der Waals surface area contributed by atoms with Crippen LogP contribution in [0.2, 0.25) is 0 Å².